The number of aryl methyl sites for hydroxylation is 1. The summed E-state index contributed by atoms with van der Waals surface area (Å²) >= 11 is -2.03. The molecular weight excluding hydrogens is 337 g/mol. The average Bonchev–Trinajstić information content (AvgIpc) is 2.36. The van der Waals surface area contributed by atoms with Crippen molar-refractivity contribution in [2.24, 2.45) is 0 Å². The molecule has 1 aromatic carbocycles. The maximum absolute atomic E-state index is 4.54. The number of fused-ring (bicyclic) bond motifs is 1. The molecule has 0 saturated carbocycles. The summed E-state index contributed by atoms with van der Waals surface area (Å²) in [5, 5.41) is 1.27. The zero-order valence-corrected chi connectivity index (χ0v) is 15.0. The summed E-state index contributed by atoms with van der Waals surface area (Å²) in [6.07, 6.45) is 7.90. The summed E-state index contributed by atoms with van der Waals surface area (Å²) in [4.78, 5) is 11.9. The van der Waals surface area contributed by atoms with Crippen LogP contribution in [0.4, 0.5) is 0 Å². The van der Waals surface area contributed by atoms with Gasteiger partial charge in [0.15, 0.2) is 0 Å². The molecule has 0 bridgehead atoms. The number of aromatic nitrogens is 1. The SMILES string of the molecule is C=C/C=C\c1c(C)cnc2cc[c]([Sn]([CH3])([CH3])[CH3])cc12. The van der Waals surface area contributed by atoms with Gasteiger partial charge in [0.05, 0.1) is 0 Å². The van der Waals surface area contributed by atoms with Gasteiger partial charge in [0.2, 0.25) is 0 Å². The standard InChI is InChI=1S/C14H12N.3CH3.Sn/c1-3-4-7-12-11(2)10-15-14-9-6-5-8-13(12)14;;;;/h3-4,6-10H,1H2,2H3;3*1H3;/b7-4-;;;;. The van der Waals surface area contributed by atoms with Crippen molar-refractivity contribution in [3.05, 3.63) is 54.3 Å². The Labute approximate surface area is 119 Å². The second kappa shape index (κ2) is 5.49. The summed E-state index contributed by atoms with van der Waals surface area (Å²) in [7, 11) is 0. The molecule has 0 aliphatic heterocycles. The summed E-state index contributed by atoms with van der Waals surface area (Å²) in [6, 6.07) is 6.79. The Kier molecular flexibility index (Phi) is 4.14. The van der Waals surface area contributed by atoms with Crippen molar-refractivity contribution in [3.63, 3.8) is 0 Å². The second-order valence-electron chi connectivity index (χ2n) is 5.93. The van der Waals surface area contributed by atoms with Crippen molar-refractivity contribution in [1.82, 2.24) is 4.98 Å². The van der Waals surface area contributed by atoms with Crippen molar-refractivity contribution in [1.29, 1.82) is 0 Å². The van der Waals surface area contributed by atoms with Crippen LogP contribution in [0.1, 0.15) is 11.1 Å². The van der Waals surface area contributed by atoms with E-state index < -0.39 is 18.4 Å². The first-order valence-corrected chi connectivity index (χ1v) is 16.6. The van der Waals surface area contributed by atoms with Crippen LogP contribution in [-0.4, -0.2) is 23.4 Å². The zero-order chi connectivity index (χ0) is 14.0. The van der Waals surface area contributed by atoms with E-state index in [1.165, 1.54) is 16.5 Å². The molecule has 0 amide bonds. The predicted molar refractivity (Wildman–Crippen MR) is 88.7 cm³/mol. The molecule has 0 fully saturated rings. The molecule has 0 spiro atoms. The molecule has 0 aliphatic carbocycles. The molecule has 2 heteroatoms. The van der Waals surface area contributed by atoms with Gasteiger partial charge in [0.25, 0.3) is 0 Å². The molecule has 98 valence electrons. The minimum atomic E-state index is -2.03. The van der Waals surface area contributed by atoms with Crippen molar-refractivity contribution in [2.45, 2.75) is 21.7 Å². The molecule has 1 heterocycles. The summed E-state index contributed by atoms with van der Waals surface area (Å²) in [6.45, 7) is 5.86. The van der Waals surface area contributed by atoms with Crippen molar-refractivity contribution < 1.29 is 0 Å². The summed E-state index contributed by atoms with van der Waals surface area (Å²) in [5.74, 6) is 0. The molecule has 2 rings (SSSR count). The van der Waals surface area contributed by atoms with Crippen LogP contribution in [0.25, 0.3) is 17.0 Å². The third kappa shape index (κ3) is 3.08. The van der Waals surface area contributed by atoms with Gasteiger partial charge in [0, 0.05) is 0 Å². The van der Waals surface area contributed by atoms with E-state index in [1.807, 2.05) is 18.3 Å². The Balaban J connectivity index is 2.74. The van der Waals surface area contributed by atoms with E-state index in [0.29, 0.717) is 0 Å². The van der Waals surface area contributed by atoms with Gasteiger partial charge in [-0.25, -0.2) is 0 Å². The minimum absolute atomic E-state index is 1.08. The molecule has 19 heavy (non-hydrogen) atoms. The van der Waals surface area contributed by atoms with Crippen LogP contribution in [0.15, 0.2) is 43.1 Å². The van der Waals surface area contributed by atoms with Crippen LogP contribution in [0.3, 0.4) is 0 Å². The van der Waals surface area contributed by atoms with Crippen LogP contribution in [-0.2, 0) is 0 Å². The van der Waals surface area contributed by atoms with Gasteiger partial charge < -0.3 is 0 Å². The Morgan fingerprint density at radius 3 is 2.58 bits per heavy atom. The van der Waals surface area contributed by atoms with E-state index in [4.69, 9.17) is 0 Å². The van der Waals surface area contributed by atoms with E-state index in [1.54, 1.807) is 3.58 Å². The molecule has 1 nitrogen and oxygen atoms in total. The molecule has 2 aromatic rings. The van der Waals surface area contributed by atoms with E-state index >= 15 is 0 Å². The predicted octanol–water partition coefficient (Wildman–Crippen LogP) is 4.29. The van der Waals surface area contributed by atoms with Crippen LogP contribution in [0, 0.1) is 6.92 Å². The van der Waals surface area contributed by atoms with Gasteiger partial charge in [-0.1, -0.05) is 0 Å². The molecule has 1 aromatic heterocycles. The van der Waals surface area contributed by atoms with Gasteiger partial charge >= 0.3 is 120 Å². The topological polar surface area (TPSA) is 12.9 Å². The normalized spacial score (nSPS) is 12.2. The Morgan fingerprint density at radius 2 is 1.95 bits per heavy atom. The molecule has 0 radical (unpaired) electrons. The summed E-state index contributed by atoms with van der Waals surface area (Å²) < 4.78 is 1.54. The number of hydrogen-bond donors (Lipinski definition) is 0. The Morgan fingerprint density at radius 1 is 1.21 bits per heavy atom. The first kappa shape index (κ1) is 14.3. The van der Waals surface area contributed by atoms with Gasteiger partial charge in [-0.3, -0.25) is 0 Å². The molecule has 0 atom stereocenters. The van der Waals surface area contributed by atoms with Crippen molar-refractivity contribution >= 4 is 38.9 Å². The van der Waals surface area contributed by atoms with Crippen LogP contribution >= 0.6 is 0 Å². The number of nitrogens with zero attached hydrogens (tertiary/aromatic N) is 1. The van der Waals surface area contributed by atoms with Gasteiger partial charge in [-0.2, -0.15) is 0 Å². The third-order valence-corrected chi connectivity index (χ3v) is 9.20. The molecular formula is C17H21NSn. The van der Waals surface area contributed by atoms with E-state index in [-0.39, 0.29) is 0 Å². The van der Waals surface area contributed by atoms with Crippen molar-refractivity contribution in [3.8, 4) is 0 Å². The molecule has 0 aliphatic rings. The fraction of sp³-hybridized carbons (Fsp3) is 0.235. The Bertz CT molecular complexity index is 648. The average molecular weight is 358 g/mol. The second-order valence-corrected chi connectivity index (χ2v) is 20.4. The molecule has 0 unspecified atom stereocenters. The van der Waals surface area contributed by atoms with Crippen molar-refractivity contribution in [2.75, 3.05) is 0 Å². The number of pyridine rings is 1. The number of hydrogen-bond acceptors (Lipinski definition) is 1. The zero-order valence-electron chi connectivity index (χ0n) is 12.2. The first-order valence-electron chi connectivity index (χ1n) is 6.62. The third-order valence-electron chi connectivity index (χ3n) is 3.37. The van der Waals surface area contributed by atoms with E-state index in [2.05, 4.69) is 57.6 Å². The number of allylic oxidation sites excluding steroid dienone is 2. The monoisotopic (exact) mass is 359 g/mol. The summed E-state index contributed by atoms with van der Waals surface area (Å²) in [5.41, 5.74) is 3.56. The van der Waals surface area contributed by atoms with E-state index in [0.717, 1.165) is 5.52 Å². The quantitative estimate of drug-likeness (QED) is 0.590. The Hall–Kier alpha value is -1.09. The number of rotatable bonds is 3. The molecule has 0 N–H and O–H groups in total. The fourth-order valence-electron chi connectivity index (χ4n) is 2.16. The number of benzene rings is 1. The maximum atomic E-state index is 4.54. The first-order chi connectivity index (χ1) is 8.93. The van der Waals surface area contributed by atoms with E-state index in [9.17, 15) is 0 Å². The fourth-order valence-corrected chi connectivity index (χ4v) is 5.48. The van der Waals surface area contributed by atoms with Crippen LogP contribution in [0.5, 0.6) is 0 Å². The van der Waals surface area contributed by atoms with Gasteiger partial charge in [-0.05, 0) is 0 Å². The van der Waals surface area contributed by atoms with Gasteiger partial charge in [-0.15, -0.1) is 0 Å². The van der Waals surface area contributed by atoms with Gasteiger partial charge in [0.1, 0.15) is 0 Å². The van der Waals surface area contributed by atoms with Crippen LogP contribution in [0.2, 0.25) is 14.8 Å². The van der Waals surface area contributed by atoms with Crippen LogP contribution < -0.4 is 3.58 Å². The molecule has 0 saturated heterocycles.